The second kappa shape index (κ2) is 5.57. The lowest BCUT2D eigenvalue weighted by molar-refractivity contribution is 0.0292. The fourth-order valence-electron chi connectivity index (χ4n) is 1.31. The van der Waals surface area contributed by atoms with Crippen LogP contribution in [0.2, 0.25) is 5.02 Å². The van der Waals surface area contributed by atoms with Crippen molar-refractivity contribution in [2.45, 2.75) is 25.9 Å². The molecule has 1 rings (SSSR count). The Morgan fingerprint density at radius 2 is 2.44 bits per heavy atom. The maximum atomic E-state index is 11.7. The lowest BCUT2D eigenvalue weighted by Gasteiger charge is -2.12. The smallest absolute Gasteiger partial charge is 0.355 e. The van der Waals surface area contributed by atoms with Gasteiger partial charge in [-0.25, -0.2) is 4.79 Å². The summed E-state index contributed by atoms with van der Waals surface area (Å²) in [5.74, 6) is -0.448. The van der Waals surface area contributed by atoms with Gasteiger partial charge in [-0.05, 0) is 12.5 Å². The van der Waals surface area contributed by atoms with Crippen molar-refractivity contribution < 1.29 is 9.53 Å². The van der Waals surface area contributed by atoms with Gasteiger partial charge in [-0.2, -0.15) is 5.26 Å². The lowest BCUT2D eigenvalue weighted by atomic mass is 10.2. The lowest BCUT2D eigenvalue weighted by Crippen LogP contribution is -2.18. The molecule has 1 aromatic heterocycles. The molecule has 4 nitrogen and oxygen atoms in total. The average Bonchev–Trinajstić information content (AvgIpc) is 2.57. The molecule has 0 radical (unpaired) electrons. The summed E-state index contributed by atoms with van der Waals surface area (Å²) < 4.78 is 6.78. The molecule has 86 valence electrons. The van der Waals surface area contributed by atoms with E-state index in [0.717, 1.165) is 0 Å². The van der Waals surface area contributed by atoms with Crippen LogP contribution < -0.4 is 0 Å². The van der Waals surface area contributed by atoms with Gasteiger partial charge in [0.25, 0.3) is 0 Å². The number of aryl methyl sites for hydroxylation is 1. The molecule has 0 amide bonds. The minimum atomic E-state index is -0.448. The first-order chi connectivity index (χ1) is 7.58. The van der Waals surface area contributed by atoms with E-state index in [0.29, 0.717) is 17.1 Å². The van der Waals surface area contributed by atoms with Gasteiger partial charge >= 0.3 is 5.97 Å². The SMILES string of the molecule is CC[C@H](CC#N)OC(=O)c1cc(Cl)cn1C. The predicted octanol–water partition coefficient (Wildman–Crippen LogP) is 2.53. The summed E-state index contributed by atoms with van der Waals surface area (Å²) in [6.07, 6.45) is 2.10. The number of nitriles is 1. The third-order valence-corrected chi connectivity index (χ3v) is 2.44. The maximum Gasteiger partial charge on any atom is 0.355 e. The van der Waals surface area contributed by atoms with Crippen LogP contribution in [0.25, 0.3) is 0 Å². The molecule has 0 aromatic carbocycles. The second-order valence-corrected chi connectivity index (χ2v) is 3.89. The van der Waals surface area contributed by atoms with E-state index in [1.54, 1.807) is 23.9 Å². The van der Waals surface area contributed by atoms with Crippen LogP contribution in [0.1, 0.15) is 30.3 Å². The first kappa shape index (κ1) is 12.6. The van der Waals surface area contributed by atoms with Crippen molar-refractivity contribution in [3.8, 4) is 6.07 Å². The van der Waals surface area contributed by atoms with Crippen LogP contribution in [0.5, 0.6) is 0 Å². The number of carbonyl (C=O) groups excluding carboxylic acids is 1. The van der Waals surface area contributed by atoms with Gasteiger partial charge in [0, 0.05) is 13.2 Å². The summed E-state index contributed by atoms with van der Waals surface area (Å²) in [5, 5.41) is 9.03. The summed E-state index contributed by atoms with van der Waals surface area (Å²) >= 11 is 5.76. The Morgan fingerprint density at radius 1 is 1.75 bits per heavy atom. The molecule has 0 aliphatic rings. The summed E-state index contributed by atoms with van der Waals surface area (Å²) in [5.41, 5.74) is 0.390. The van der Waals surface area contributed by atoms with Crippen LogP contribution >= 0.6 is 11.6 Å². The molecule has 1 aromatic rings. The zero-order valence-electron chi connectivity index (χ0n) is 9.24. The largest absolute Gasteiger partial charge is 0.457 e. The predicted molar refractivity (Wildman–Crippen MR) is 60.1 cm³/mol. The fourth-order valence-corrected chi connectivity index (χ4v) is 1.56. The molecular weight excluding hydrogens is 228 g/mol. The maximum absolute atomic E-state index is 11.7. The van der Waals surface area contributed by atoms with Gasteiger partial charge in [-0.1, -0.05) is 18.5 Å². The minimum absolute atomic E-state index is 0.209. The quantitative estimate of drug-likeness (QED) is 0.760. The summed E-state index contributed by atoms with van der Waals surface area (Å²) in [7, 11) is 1.72. The molecule has 0 unspecified atom stereocenters. The number of hydrogen-bond acceptors (Lipinski definition) is 3. The van der Waals surface area contributed by atoms with Crippen molar-refractivity contribution in [2.24, 2.45) is 7.05 Å². The van der Waals surface area contributed by atoms with Crippen molar-refractivity contribution in [2.75, 3.05) is 0 Å². The van der Waals surface area contributed by atoms with E-state index in [1.807, 2.05) is 13.0 Å². The van der Waals surface area contributed by atoms with Crippen LogP contribution in [0.3, 0.4) is 0 Å². The molecule has 5 heteroatoms. The van der Waals surface area contributed by atoms with E-state index in [1.165, 1.54) is 0 Å². The normalized spacial score (nSPS) is 11.9. The topological polar surface area (TPSA) is 55.0 Å². The van der Waals surface area contributed by atoms with Crippen molar-refractivity contribution >= 4 is 17.6 Å². The molecule has 16 heavy (non-hydrogen) atoms. The van der Waals surface area contributed by atoms with Crippen molar-refractivity contribution in [3.63, 3.8) is 0 Å². The molecular formula is C11H13ClN2O2. The summed E-state index contributed by atoms with van der Waals surface area (Å²) in [6.45, 7) is 1.87. The molecule has 0 saturated heterocycles. The zero-order chi connectivity index (χ0) is 12.1. The average molecular weight is 241 g/mol. The molecule has 0 aliphatic heterocycles. The first-order valence-corrected chi connectivity index (χ1v) is 5.36. The number of rotatable bonds is 4. The molecule has 1 atom stereocenters. The Morgan fingerprint density at radius 3 is 2.88 bits per heavy atom. The van der Waals surface area contributed by atoms with Crippen LogP contribution in [0, 0.1) is 11.3 Å². The van der Waals surface area contributed by atoms with E-state index >= 15 is 0 Å². The van der Waals surface area contributed by atoms with Crippen molar-refractivity contribution in [3.05, 3.63) is 23.0 Å². The van der Waals surface area contributed by atoms with Gasteiger partial charge in [0.05, 0.1) is 17.5 Å². The Balaban J connectivity index is 2.72. The van der Waals surface area contributed by atoms with E-state index in [2.05, 4.69) is 0 Å². The second-order valence-electron chi connectivity index (χ2n) is 3.45. The van der Waals surface area contributed by atoms with Crippen LogP contribution in [-0.4, -0.2) is 16.6 Å². The molecule has 0 fully saturated rings. The fraction of sp³-hybridized carbons (Fsp3) is 0.455. The van der Waals surface area contributed by atoms with Gasteiger partial charge in [-0.3, -0.25) is 0 Å². The van der Waals surface area contributed by atoms with Crippen LogP contribution in [-0.2, 0) is 11.8 Å². The Hall–Kier alpha value is -1.47. The van der Waals surface area contributed by atoms with Gasteiger partial charge in [0.1, 0.15) is 11.8 Å². The van der Waals surface area contributed by atoms with Crippen LogP contribution in [0.4, 0.5) is 0 Å². The molecule has 0 aliphatic carbocycles. The van der Waals surface area contributed by atoms with Gasteiger partial charge in [-0.15, -0.1) is 0 Å². The highest BCUT2D eigenvalue weighted by Gasteiger charge is 2.17. The molecule has 0 spiro atoms. The van der Waals surface area contributed by atoms with E-state index in [4.69, 9.17) is 21.6 Å². The van der Waals surface area contributed by atoms with E-state index < -0.39 is 5.97 Å². The monoisotopic (exact) mass is 240 g/mol. The van der Waals surface area contributed by atoms with Crippen LogP contribution in [0.15, 0.2) is 12.3 Å². The number of esters is 1. The summed E-state index contributed by atoms with van der Waals surface area (Å²) in [4.78, 5) is 11.7. The molecule has 0 saturated carbocycles. The van der Waals surface area contributed by atoms with Crippen molar-refractivity contribution in [1.29, 1.82) is 5.26 Å². The van der Waals surface area contributed by atoms with E-state index in [9.17, 15) is 4.79 Å². The molecule has 1 heterocycles. The highest BCUT2D eigenvalue weighted by Crippen LogP contribution is 2.15. The Bertz CT molecular complexity index is 420. The van der Waals surface area contributed by atoms with E-state index in [-0.39, 0.29) is 12.5 Å². The number of aromatic nitrogens is 1. The highest BCUT2D eigenvalue weighted by molar-refractivity contribution is 6.30. The molecule has 0 N–H and O–H groups in total. The number of nitrogens with zero attached hydrogens (tertiary/aromatic N) is 2. The van der Waals surface area contributed by atoms with Crippen molar-refractivity contribution in [1.82, 2.24) is 4.57 Å². The number of halogens is 1. The number of hydrogen-bond donors (Lipinski definition) is 0. The standard InChI is InChI=1S/C11H13ClN2O2/c1-3-9(4-5-13)16-11(15)10-6-8(12)7-14(10)2/h6-7,9H,3-4H2,1-2H3/t9-/m1/s1. The number of ether oxygens (including phenoxy) is 1. The first-order valence-electron chi connectivity index (χ1n) is 4.98. The highest BCUT2D eigenvalue weighted by atomic mass is 35.5. The summed E-state index contributed by atoms with van der Waals surface area (Å²) in [6, 6.07) is 3.53. The third kappa shape index (κ3) is 3.01. The Kier molecular flexibility index (Phi) is 4.39. The molecule has 0 bridgehead atoms. The Labute approximate surface area is 99.4 Å². The van der Waals surface area contributed by atoms with Gasteiger partial charge in [0.15, 0.2) is 0 Å². The number of carbonyl (C=O) groups is 1. The minimum Gasteiger partial charge on any atom is -0.457 e. The third-order valence-electron chi connectivity index (χ3n) is 2.23. The zero-order valence-corrected chi connectivity index (χ0v) is 9.99. The van der Waals surface area contributed by atoms with Gasteiger partial charge < -0.3 is 9.30 Å². The van der Waals surface area contributed by atoms with Gasteiger partial charge in [0.2, 0.25) is 0 Å².